The van der Waals surface area contributed by atoms with Gasteiger partial charge in [0, 0.05) is 12.1 Å². The molecule has 1 heterocycles. The van der Waals surface area contributed by atoms with Crippen molar-refractivity contribution in [1.82, 2.24) is 10.6 Å². The van der Waals surface area contributed by atoms with E-state index >= 15 is 0 Å². The maximum atomic E-state index is 11.8. The first-order valence-corrected chi connectivity index (χ1v) is 6.49. The Hall–Kier alpha value is -0.610. The van der Waals surface area contributed by atoms with Gasteiger partial charge in [-0.3, -0.25) is 4.79 Å². The van der Waals surface area contributed by atoms with Crippen LogP contribution in [0.2, 0.25) is 0 Å². The predicted molar refractivity (Wildman–Crippen MR) is 62.0 cm³/mol. The largest absolute Gasteiger partial charge is 0.382 e. The Morgan fingerprint density at radius 2 is 1.94 bits per heavy atom. The summed E-state index contributed by atoms with van der Waals surface area (Å²) >= 11 is 0. The van der Waals surface area contributed by atoms with E-state index in [1.54, 1.807) is 0 Å². The summed E-state index contributed by atoms with van der Waals surface area (Å²) in [6, 6.07) is 0.251. The van der Waals surface area contributed by atoms with Gasteiger partial charge in [0.2, 0.25) is 0 Å². The van der Waals surface area contributed by atoms with Crippen molar-refractivity contribution in [3.05, 3.63) is 0 Å². The highest BCUT2D eigenvalue weighted by Gasteiger charge is 2.29. The zero-order valence-electron chi connectivity index (χ0n) is 9.74. The number of carbonyl (C=O) groups is 1. The molecule has 1 saturated carbocycles. The number of aliphatic hydroxyl groups is 1. The van der Waals surface area contributed by atoms with Gasteiger partial charge in [0.05, 0.1) is 0 Å². The van der Waals surface area contributed by atoms with Gasteiger partial charge in [-0.1, -0.05) is 19.3 Å². The topological polar surface area (TPSA) is 61.4 Å². The standard InChI is InChI=1S/C12H22N2O2/c15-11(10-7-4-8-13-10)12(16)14-9-5-2-1-3-6-9/h9-11,13,15H,1-8H2,(H,14,16). The number of hydrogen-bond donors (Lipinski definition) is 3. The van der Waals surface area contributed by atoms with Crippen LogP contribution in [0, 0.1) is 0 Å². The quantitative estimate of drug-likeness (QED) is 0.658. The molecule has 4 nitrogen and oxygen atoms in total. The van der Waals surface area contributed by atoms with E-state index in [1.165, 1.54) is 19.3 Å². The average molecular weight is 226 g/mol. The number of hydrogen-bond acceptors (Lipinski definition) is 3. The first kappa shape index (κ1) is 11.9. The highest BCUT2D eigenvalue weighted by Crippen LogP contribution is 2.18. The fourth-order valence-electron chi connectivity index (χ4n) is 2.70. The van der Waals surface area contributed by atoms with Crippen molar-refractivity contribution in [2.45, 2.75) is 63.1 Å². The van der Waals surface area contributed by atoms with E-state index in [1.807, 2.05) is 0 Å². The third-order valence-electron chi connectivity index (χ3n) is 3.70. The summed E-state index contributed by atoms with van der Waals surface area (Å²) in [4.78, 5) is 11.8. The highest BCUT2D eigenvalue weighted by molar-refractivity contribution is 5.81. The van der Waals surface area contributed by atoms with Gasteiger partial charge in [-0.25, -0.2) is 0 Å². The highest BCUT2D eigenvalue weighted by atomic mass is 16.3. The van der Waals surface area contributed by atoms with E-state index in [0.717, 1.165) is 32.2 Å². The second kappa shape index (κ2) is 5.64. The molecule has 2 aliphatic rings. The van der Waals surface area contributed by atoms with Crippen molar-refractivity contribution in [2.75, 3.05) is 6.54 Å². The van der Waals surface area contributed by atoms with Crippen LogP contribution >= 0.6 is 0 Å². The molecule has 1 saturated heterocycles. The van der Waals surface area contributed by atoms with Crippen molar-refractivity contribution in [2.24, 2.45) is 0 Å². The van der Waals surface area contributed by atoms with Crippen LogP contribution in [0.3, 0.4) is 0 Å². The molecule has 0 bridgehead atoms. The molecular weight excluding hydrogens is 204 g/mol. The SMILES string of the molecule is O=C(NC1CCCCC1)C(O)C1CCCN1. The van der Waals surface area contributed by atoms with Crippen molar-refractivity contribution in [1.29, 1.82) is 0 Å². The van der Waals surface area contributed by atoms with Gasteiger partial charge in [-0.15, -0.1) is 0 Å². The zero-order valence-corrected chi connectivity index (χ0v) is 9.74. The van der Waals surface area contributed by atoms with Crippen LogP contribution in [-0.2, 0) is 4.79 Å². The van der Waals surface area contributed by atoms with Crippen molar-refractivity contribution >= 4 is 5.91 Å². The van der Waals surface area contributed by atoms with Crippen LogP contribution in [-0.4, -0.2) is 35.7 Å². The lowest BCUT2D eigenvalue weighted by molar-refractivity contribution is -0.131. The lowest BCUT2D eigenvalue weighted by Gasteiger charge is -2.25. The second-order valence-electron chi connectivity index (χ2n) is 4.99. The van der Waals surface area contributed by atoms with Crippen LogP contribution in [0.25, 0.3) is 0 Å². The van der Waals surface area contributed by atoms with E-state index in [9.17, 15) is 9.90 Å². The Morgan fingerprint density at radius 1 is 1.19 bits per heavy atom. The van der Waals surface area contributed by atoms with Crippen LogP contribution in [0.15, 0.2) is 0 Å². The smallest absolute Gasteiger partial charge is 0.250 e. The Kier molecular flexibility index (Phi) is 4.18. The molecule has 2 unspecified atom stereocenters. The van der Waals surface area contributed by atoms with Gasteiger partial charge in [0.25, 0.3) is 5.91 Å². The van der Waals surface area contributed by atoms with Crippen molar-refractivity contribution in [3.63, 3.8) is 0 Å². The van der Waals surface area contributed by atoms with E-state index in [0.29, 0.717) is 0 Å². The summed E-state index contributed by atoms with van der Waals surface area (Å²) < 4.78 is 0. The molecule has 1 aliphatic carbocycles. The van der Waals surface area contributed by atoms with Crippen LogP contribution in [0.4, 0.5) is 0 Å². The summed E-state index contributed by atoms with van der Waals surface area (Å²) in [7, 11) is 0. The van der Waals surface area contributed by atoms with Gasteiger partial charge >= 0.3 is 0 Å². The van der Waals surface area contributed by atoms with E-state index in [4.69, 9.17) is 0 Å². The number of nitrogens with one attached hydrogen (secondary N) is 2. The molecule has 0 spiro atoms. The number of amides is 1. The van der Waals surface area contributed by atoms with E-state index < -0.39 is 6.10 Å². The maximum Gasteiger partial charge on any atom is 0.250 e. The molecule has 2 atom stereocenters. The Morgan fingerprint density at radius 3 is 2.56 bits per heavy atom. The second-order valence-corrected chi connectivity index (χ2v) is 4.99. The Labute approximate surface area is 96.8 Å². The average Bonchev–Trinajstić information content (AvgIpc) is 2.83. The fourth-order valence-corrected chi connectivity index (χ4v) is 2.70. The molecule has 0 aromatic heterocycles. The molecule has 92 valence electrons. The van der Waals surface area contributed by atoms with Gasteiger partial charge in [-0.2, -0.15) is 0 Å². The molecule has 0 aromatic rings. The summed E-state index contributed by atoms with van der Waals surface area (Å²) in [5.41, 5.74) is 0. The van der Waals surface area contributed by atoms with Crippen molar-refractivity contribution < 1.29 is 9.90 Å². The fraction of sp³-hybridized carbons (Fsp3) is 0.917. The molecule has 2 fully saturated rings. The minimum absolute atomic E-state index is 0.0383. The number of aliphatic hydroxyl groups excluding tert-OH is 1. The van der Waals surface area contributed by atoms with Gasteiger partial charge in [-0.05, 0) is 32.2 Å². The molecule has 4 heteroatoms. The lowest BCUT2D eigenvalue weighted by Crippen LogP contribution is -2.49. The Balaban J connectivity index is 1.77. The van der Waals surface area contributed by atoms with E-state index in [-0.39, 0.29) is 18.0 Å². The van der Waals surface area contributed by atoms with Crippen LogP contribution < -0.4 is 10.6 Å². The van der Waals surface area contributed by atoms with Crippen LogP contribution in [0.5, 0.6) is 0 Å². The van der Waals surface area contributed by atoms with Gasteiger partial charge < -0.3 is 15.7 Å². The summed E-state index contributed by atoms with van der Waals surface area (Å²) in [5, 5.41) is 16.0. The zero-order chi connectivity index (χ0) is 11.4. The molecule has 3 N–H and O–H groups in total. The lowest BCUT2D eigenvalue weighted by atomic mass is 9.95. The molecule has 2 rings (SSSR count). The summed E-state index contributed by atoms with van der Waals surface area (Å²) in [5.74, 6) is -0.189. The van der Waals surface area contributed by atoms with E-state index in [2.05, 4.69) is 10.6 Å². The third-order valence-corrected chi connectivity index (χ3v) is 3.70. The first-order chi connectivity index (χ1) is 7.77. The Bertz CT molecular complexity index is 233. The summed E-state index contributed by atoms with van der Waals surface area (Å²) in [6.45, 7) is 0.915. The monoisotopic (exact) mass is 226 g/mol. The summed E-state index contributed by atoms with van der Waals surface area (Å²) in [6.07, 6.45) is 6.89. The van der Waals surface area contributed by atoms with Gasteiger partial charge in [0.1, 0.15) is 6.10 Å². The first-order valence-electron chi connectivity index (χ1n) is 6.49. The normalized spacial score (nSPS) is 28.9. The van der Waals surface area contributed by atoms with Gasteiger partial charge in [0.15, 0.2) is 0 Å². The van der Waals surface area contributed by atoms with Crippen molar-refractivity contribution in [3.8, 4) is 0 Å². The molecule has 0 radical (unpaired) electrons. The van der Waals surface area contributed by atoms with Crippen LogP contribution in [0.1, 0.15) is 44.9 Å². The number of carbonyl (C=O) groups excluding carboxylic acids is 1. The minimum Gasteiger partial charge on any atom is -0.382 e. The predicted octanol–water partition coefficient (Wildman–Crippen LogP) is 0.548. The maximum absolute atomic E-state index is 11.8. The minimum atomic E-state index is -0.871. The molecule has 0 aromatic carbocycles. The molecule has 16 heavy (non-hydrogen) atoms. The molecule has 1 aliphatic heterocycles. The molecule has 1 amide bonds. The molecular formula is C12H22N2O2. The third kappa shape index (κ3) is 2.95. The number of rotatable bonds is 3.